The van der Waals surface area contributed by atoms with E-state index in [1.54, 1.807) is 24.3 Å². The average Bonchev–Trinajstić information content (AvgIpc) is 2.73. The fraction of sp³-hybridized carbons (Fsp3) is 0.190. The van der Waals surface area contributed by atoms with Crippen molar-refractivity contribution in [2.24, 2.45) is 0 Å². The molecular weight excluding hydrogens is 413 g/mol. The van der Waals surface area contributed by atoms with Gasteiger partial charge in [-0.2, -0.15) is 0 Å². The standard InChI is InChI=1S/C21H19ClFN3O4/c1-2-30-16-6-4-15(5-7-16)26-10-9-25(20(28)21(26)29)13-19(27)24-12-14-3-8-18(23)17(22)11-14/h3-11H,2,12-13H2,1H3,(H,24,27). The van der Waals surface area contributed by atoms with E-state index in [4.69, 9.17) is 16.3 Å². The second-order valence-corrected chi connectivity index (χ2v) is 6.77. The third-order valence-corrected chi connectivity index (χ3v) is 4.56. The summed E-state index contributed by atoms with van der Waals surface area (Å²) in [5.41, 5.74) is -0.496. The van der Waals surface area contributed by atoms with Crippen LogP contribution in [0.3, 0.4) is 0 Å². The molecule has 0 bridgehead atoms. The first-order valence-electron chi connectivity index (χ1n) is 9.15. The highest BCUT2D eigenvalue weighted by Gasteiger charge is 2.10. The molecule has 0 fully saturated rings. The maximum atomic E-state index is 13.2. The minimum absolute atomic E-state index is 0.0455. The fourth-order valence-corrected chi connectivity index (χ4v) is 2.97. The Kier molecular flexibility index (Phi) is 6.68. The summed E-state index contributed by atoms with van der Waals surface area (Å²) in [4.78, 5) is 37.0. The van der Waals surface area contributed by atoms with Gasteiger partial charge in [-0.1, -0.05) is 17.7 Å². The second-order valence-electron chi connectivity index (χ2n) is 6.36. The van der Waals surface area contributed by atoms with Crippen molar-refractivity contribution >= 4 is 17.5 Å². The van der Waals surface area contributed by atoms with Crippen LogP contribution in [-0.2, 0) is 17.9 Å². The number of nitrogens with zero attached hydrogens (tertiary/aromatic N) is 2. The van der Waals surface area contributed by atoms with Crippen molar-refractivity contribution in [2.75, 3.05) is 6.61 Å². The zero-order valence-electron chi connectivity index (χ0n) is 16.1. The molecule has 156 valence electrons. The minimum Gasteiger partial charge on any atom is -0.494 e. The Morgan fingerprint density at radius 1 is 1.10 bits per heavy atom. The van der Waals surface area contributed by atoms with Gasteiger partial charge in [0, 0.05) is 24.6 Å². The molecule has 0 saturated heterocycles. The molecule has 0 atom stereocenters. The quantitative estimate of drug-likeness (QED) is 0.583. The lowest BCUT2D eigenvalue weighted by molar-refractivity contribution is -0.121. The van der Waals surface area contributed by atoms with Crippen molar-refractivity contribution in [1.29, 1.82) is 0 Å². The molecule has 0 spiro atoms. The second kappa shape index (κ2) is 9.41. The monoisotopic (exact) mass is 431 g/mol. The third-order valence-electron chi connectivity index (χ3n) is 4.27. The van der Waals surface area contributed by atoms with Crippen LogP contribution in [-0.4, -0.2) is 21.6 Å². The van der Waals surface area contributed by atoms with E-state index in [1.807, 2.05) is 6.92 Å². The Morgan fingerprint density at radius 3 is 2.50 bits per heavy atom. The smallest absolute Gasteiger partial charge is 0.320 e. The summed E-state index contributed by atoms with van der Waals surface area (Å²) in [5.74, 6) is -0.371. The van der Waals surface area contributed by atoms with Gasteiger partial charge in [-0.15, -0.1) is 0 Å². The van der Waals surface area contributed by atoms with E-state index < -0.39 is 22.8 Å². The molecule has 1 amide bonds. The highest BCUT2D eigenvalue weighted by molar-refractivity contribution is 6.30. The van der Waals surface area contributed by atoms with E-state index in [2.05, 4.69) is 5.32 Å². The number of hydrogen-bond acceptors (Lipinski definition) is 4. The number of nitrogens with one attached hydrogen (secondary N) is 1. The Labute approximate surface area is 176 Å². The fourth-order valence-electron chi connectivity index (χ4n) is 2.77. The summed E-state index contributed by atoms with van der Waals surface area (Å²) < 4.78 is 20.8. The number of carbonyl (C=O) groups is 1. The summed E-state index contributed by atoms with van der Waals surface area (Å²) >= 11 is 5.71. The topological polar surface area (TPSA) is 82.3 Å². The van der Waals surface area contributed by atoms with Crippen molar-refractivity contribution in [1.82, 2.24) is 14.5 Å². The van der Waals surface area contributed by atoms with Gasteiger partial charge in [0.25, 0.3) is 0 Å². The summed E-state index contributed by atoms with van der Waals surface area (Å²) in [5, 5.41) is 2.56. The van der Waals surface area contributed by atoms with Gasteiger partial charge in [0.2, 0.25) is 5.91 Å². The van der Waals surface area contributed by atoms with Gasteiger partial charge >= 0.3 is 11.1 Å². The molecule has 0 radical (unpaired) electrons. The first-order valence-corrected chi connectivity index (χ1v) is 9.53. The zero-order chi connectivity index (χ0) is 21.7. The molecule has 1 heterocycles. The number of aromatic nitrogens is 2. The van der Waals surface area contributed by atoms with Crippen LogP contribution in [0.15, 0.2) is 64.4 Å². The van der Waals surface area contributed by atoms with Crippen LogP contribution in [0.1, 0.15) is 12.5 Å². The molecule has 0 aliphatic carbocycles. The third kappa shape index (κ3) is 4.96. The summed E-state index contributed by atoms with van der Waals surface area (Å²) in [6.45, 7) is 2.17. The number of ether oxygens (including phenoxy) is 1. The van der Waals surface area contributed by atoms with E-state index in [-0.39, 0.29) is 18.1 Å². The van der Waals surface area contributed by atoms with Crippen LogP contribution in [0.2, 0.25) is 5.02 Å². The van der Waals surface area contributed by atoms with E-state index >= 15 is 0 Å². The normalized spacial score (nSPS) is 10.6. The molecule has 30 heavy (non-hydrogen) atoms. The summed E-state index contributed by atoms with van der Waals surface area (Å²) in [6, 6.07) is 10.8. The van der Waals surface area contributed by atoms with Crippen LogP contribution < -0.4 is 21.2 Å². The Bertz CT molecular complexity index is 1170. The molecule has 7 nitrogen and oxygen atoms in total. The van der Waals surface area contributed by atoms with Crippen molar-refractivity contribution in [3.63, 3.8) is 0 Å². The molecular formula is C21H19ClFN3O4. The van der Waals surface area contributed by atoms with Crippen LogP contribution in [0.4, 0.5) is 4.39 Å². The predicted molar refractivity (Wildman–Crippen MR) is 111 cm³/mol. The van der Waals surface area contributed by atoms with Gasteiger partial charge in [0.15, 0.2) is 0 Å². The van der Waals surface area contributed by atoms with E-state index in [9.17, 15) is 18.8 Å². The Hall–Kier alpha value is -3.39. The maximum Gasteiger partial charge on any atom is 0.320 e. The first-order chi connectivity index (χ1) is 14.4. The molecule has 9 heteroatoms. The van der Waals surface area contributed by atoms with E-state index in [0.29, 0.717) is 23.6 Å². The largest absolute Gasteiger partial charge is 0.494 e. The van der Waals surface area contributed by atoms with Crippen LogP contribution >= 0.6 is 11.6 Å². The van der Waals surface area contributed by atoms with Crippen LogP contribution in [0.5, 0.6) is 5.75 Å². The lowest BCUT2D eigenvalue weighted by Gasteiger charge is -2.10. The molecule has 0 saturated carbocycles. The number of hydrogen-bond donors (Lipinski definition) is 1. The number of rotatable bonds is 7. The molecule has 3 rings (SSSR count). The highest BCUT2D eigenvalue weighted by Crippen LogP contribution is 2.16. The Morgan fingerprint density at radius 2 is 1.83 bits per heavy atom. The van der Waals surface area contributed by atoms with Crippen molar-refractivity contribution in [3.05, 3.63) is 92.0 Å². The molecule has 0 aliphatic heterocycles. The first kappa shape index (κ1) is 21.3. The maximum absolute atomic E-state index is 13.2. The zero-order valence-corrected chi connectivity index (χ0v) is 16.9. The van der Waals surface area contributed by atoms with Crippen LogP contribution in [0.25, 0.3) is 5.69 Å². The molecule has 3 aromatic rings. The number of carbonyl (C=O) groups excluding carboxylic acids is 1. The van der Waals surface area contributed by atoms with Gasteiger partial charge in [0.1, 0.15) is 18.1 Å². The van der Waals surface area contributed by atoms with Crippen molar-refractivity contribution in [2.45, 2.75) is 20.0 Å². The predicted octanol–water partition coefficient (Wildman–Crippen LogP) is 2.51. The average molecular weight is 432 g/mol. The van der Waals surface area contributed by atoms with E-state index in [1.165, 1.54) is 35.2 Å². The Balaban J connectivity index is 1.70. The highest BCUT2D eigenvalue weighted by atomic mass is 35.5. The van der Waals surface area contributed by atoms with Gasteiger partial charge < -0.3 is 10.1 Å². The molecule has 1 N–H and O–H groups in total. The minimum atomic E-state index is -0.827. The van der Waals surface area contributed by atoms with Gasteiger partial charge in [-0.25, -0.2) is 4.39 Å². The number of amides is 1. The van der Waals surface area contributed by atoms with Crippen molar-refractivity contribution < 1.29 is 13.9 Å². The summed E-state index contributed by atoms with van der Waals surface area (Å²) in [6.07, 6.45) is 2.79. The van der Waals surface area contributed by atoms with Crippen molar-refractivity contribution in [3.8, 4) is 11.4 Å². The molecule has 0 unspecified atom stereocenters. The molecule has 0 aliphatic rings. The molecule has 1 aromatic heterocycles. The number of halogens is 2. The lowest BCUT2D eigenvalue weighted by Crippen LogP contribution is -2.42. The SMILES string of the molecule is CCOc1ccc(-n2ccn(CC(=O)NCc3ccc(F)c(Cl)c3)c(=O)c2=O)cc1. The van der Waals surface area contributed by atoms with E-state index in [0.717, 1.165) is 4.57 Å². The lowest BCUT2D eigenvalue weighted by atomic mass is 10.2. The number of benzene rings is 2. The molecule has 2 aromatic carbocycles. The van der Waals surface area contributed by atoms with Gasteiger partial charge in [-0.3, -0.25) is 23.5 Å². The summed E-state index contributed by atoms with van der Waals surface area (Å²) in [7, 11) is 0. The van der Waals surface area contributed by atoms with Gasteiger partial charge in [-0.05, 0) is 48.9 Å². The van der Waals surface area contributed by atoms with Crippen LogP contribution in [0, 0.1) is 5.82 Å². The van der Waals surface area contributed by atoms with Gasteiger partial charge in [0.05, 0.1) is 11.6 Å².